The second kappa shape index (κ2) is 6.93. The molecule has 27 heavy (non-hydrogen) atoms. The largest absolute Gasteiger partial charge is 0.342 e. The lowest BCUT2D eigenvalue weighted by Crippen LogP contribution is -2.37. The van der Waals surface area contributed by atoms with Crippen LogP contribution < -0.4 is 4.72 Å². The van der Waals surface area contributed by atoms with Crippen LogP contribution in [0, 0.1) is 18.8 Å². The number of rotatable bonds is 5. The molecule has 1 unspecified atom stereocenters. The second-order valence-electron chi connectivity index (χ2n) is 8.84. The van der Waals surface area contributed by atoms with Crippen LogP contribution in [0.3, 0.4) is 0 Å². The van der Waals surface area contributed by atoms with Gasteiger partial charge in [0, 0.05) is 19.5 Å². The van der Waals surface area contributed by atoms with Crippen molar-refractivity contribution in [3.63, 3.8) is 0 Å². The van der Waals surface area contributed by atoms with E-state index in [-0.39, 0.29) is 22.6 Å². The number of nitrogens with one attached hydrogen (secondary N) is 1. The summed E-state index contributed by atoms with van der Waals surface area (Å²) in [5, 5.41) is 0. The van der Waals surface area contributed by atoms with Crippen molar-refractivity contribution in [2.45, 2.75) is 57.3 Å². The van der Waals surface area contributed by atoms with Gasteiger partial charge in [-0.05, 0) is 48.3 Å². The van der Waals surface area contributed by atoms with Crippen LogP contribution in [-0.2, 0) is 25.0 Å². The summed E-state index contributed by atoms with van der Waals surface area (Å²) >= 11 is 0. The molecule has 0 aromatic heterocycles. The van der Waals surface area contributed by atoms with E-state index in [1.165, 1.54) is 0 Å². The summed E-state index contributed by atoms with van der Waals surface area (Å²) in [6.45, 7) is 8.71. The number of sulfonamides is 1. The normalized spacial score (nSPS) is 20.8. The summed E-state index contributed by atoms with van der Waals surface area (Å²) in [7, 11) is -3.99. The number of carbonyl (C=O) groups is 2. The Morgan fingerprint density at radius 2 is 1.93 bits per heavy atom. The van der Waals surface area contributed by atoms with Gasteiger partial charge in [0.25, 0.3) is 10.0 Å². The van der Waals surface area contributed by atoms with Crippen LogP contribution in [-0.4, -0.2) is 38.2 Å². The Morgan fingerprint density at radius 1 is 1.26 bits per heavy atom. The highest BCUT2D eigenvalue weighted by molar-refractivity contribution is 7.90. The molecule has 1 atom stereocenters. The van der Waals surface area contributed by atoms with Gasteiger partial charge in [-0.3, -0.25) is 9.59 Å². The molecule has 1 aromatic rings. The fourth-order valence-electron chi connectivity index (χ4n) is 3.36. The van der Waals surface area contributed by atoms with Crippen molar-refractivity contribution in [1.82, 2.24) is 9.62 Å². The van der Waals surface area contributed by atoms with Crippen LogP contribution in [0.15, 0.2) is 23.1 Å². The molecule has 0 bridgehead atoms. The summed E-state index contributed by atoms with van der Waals surface area (Å²) in [6, 6.07) is 5.29. The molecule has 1 heterocycles. The summed E-state index contributed by atoms with van der Waals surface area (Å²) in [6.07, 6.45) is 2.33. The van der Waals surface area contributed by atoms with E-state index < -0.39 is 21.8 Å². The van der Waals surface area contributed by atoms with Crippen molar-refractivity contribution in [2.24, 2.45) is 11.8 Å². The number of amides is 2. The van der Waals surface area contributed by atoms with Crippen molar-refractivity contribution in [1.29, 1.82) is 0 Å². The molecule has 6 nitrogen and oxygen atoms in total. The first kappa shape index (κ1) is 19.9. The molecule has 3 rings (SSSR count). The van der Waals surface area contributed by atoms with Crippen molar-refractivity contribution >= 4 is 21.8 Å². The third-order valence-corrected chi connectivity index (χ3v) is 6.83. The molecular weight excluding hydrogens is 364 g/mol. The summed E-state index contributed by atoms with van der Waals surface area (Å²) in [4.78, 5) is 26.5. The number of benzene rings is 1. The number of aryl methyl sites for hydroxylation is 1. The number of carbonyl (C=O) groups excluding carboxylic acids is 2. The molecule has 2 fully saturated rings. The van der Waals surface area contributed by atoms with Crippen LogP contribution in [0.2, 0.25) is 0 Å². The minimum Gasteiger partial charge on any atom is -0.342 e. The van der Waals surface area contributed by atoms with E-state index in [9.17, 15) is 18.0 Å². The maximum Gasteiger partial charge on any atom is 0.264 e. The Kier molecular flexibility index (Phi) is 5.10. The molecule has 2 aliphatic rings. The van der Waals surface area contributed by atoms with Gasteiger partial charge in [-0.15, -0.1) is 0 Å². The molecule has 0 radical (unpaired) electrons. The molecular formula is C20H28N2O4S. The van der Waals surface area contributed by atoms with Crippen LogP contribution in [0.1, 0.15) is 51.2 Å². The van der Waals surface area contributed by atoms with E-state index in [2.05, 4.69) is 4.72 Å². The first-order valence-corrected chi connectivity index (χ1v) is 10.9. The van der Waals surface area contributed by atoms with E-state index in [4.69, 9.17) is 0 Å². The van der Waals surface area contributed by atoms with Gasteiger partial charge in [0.05, 0.1) is 10.8 Å². The van der Waals surface area contributed by atoms with Crippen LogP contribution in [0.5, 0.6) is 0 Å². The quantitative estimate of drug-likeness (QED) is 0.834. The minimum absolute atomic E-state index is 0.0645. The highest BCUT2D eigenvalue weighted by Crippen LogP contribution is 2.32. The van der Waals surface area contributed by atoms with E-state index >= 15 is 0 Å². The van der Waals surface area contributed by atoms with Crippen LogP contribution in [0.4, 0.5) is 0 Å². The van der Waals surface area contributed by atoms with Crippen molar-refractivity contribution < 1.29 is 18.0 Å². The smallest absolute Gasteiger partial charge is 0.264 e. The van der Waals surface area contributed by atoms with Crippen molar-refractivity contribution in [2.75, 3.05) is 13.1 Å². The Balaban J connectivity index is 1.74. The third-order valence-electron chi connectivity index (χ3n) is 5.34. The number of hydrogen-bond acceptors (Lipinski definition) is 4. The Bertz CT molecular complexity index is 866. The molecule has 1 saturated heterocycles. The zero-order valence-corrected chi connectivity index (χ0v) is 17.2. The molecule has 1 N–H and O–H groups in total. The van der Waals surface area contributed by atoms with E-state index in [1.807, 2.05) is 26.8 Å². The Labute approximate surface area is 161 Å². The lowest BCUT2D eigenvalue weighted by molar-refractivity contribution is -0.128. The van der Waals surface area contributed by atoms with Crippen LogP contribution in [0.25, 0.3) is 0 Å². The van der Waals surface area contributed by atoms with E-state index in [0.29, 0.717) is 24.6 Å². The summed E-state index contributed by atoms with van der Waals surface area (Å²) in [5.41, 5.74) is 1.26. The molecule has 1 aliphatic carbocycles. The molecule has 2 amide bonds. The third kappa shape index (κ3) is 4.51. The first-order valence-electron chi connectivity index (χ1n) is 9.43. The minimum atomic E-state index is -3.99. The van der Waals surface area contributed by atoms with Gasteiger partial charge in [-0.25, -0.2) is 13.1 Å². The average Bonchev–Trinajstić information content (AvgIpc) is 3.28. The molecule has 7 heteroatoms. The molecule has 148 valence electrons. The van der Waals surface area contributed by atoms with Gasteiger partial charge in [-0.2, -0.15) is 0 Å². The maximum absolute atomic E-state index is 12.8. The van der Waals surface area contributed by atoms with E-state index in [0.717, 1.165) is 18.4 Å². The van der Waals surface area contributed by atoms with Gasteiger partial charge in [0.2, 0.25) is 11.8 Å². The maximum atomic E-state index is 12.8. The zero-order valence-electron chi connectivity index (χ0n) is 16.4. The van der Waals surface area contributed by atoms with Crippen LogP contribution >= 0.6 is 0 Å². The fourth-order valence-corrected chi connectivity index (χ4v) is 4.68. The average molecular weight is 393 g/mol. The number of hydrogen-bond donors (Lipinski definition) is 1. The summed E-state index contributed by atoms with van der Waals surface area (Å²) in [5.74, 6) is -0.730. The highest BCUT2D eigenvalue weighted by Gasteiger charge is 2.38. The molecule has 1 saturated carbocycles. The lowest BCUT2D eigenvalue weighted by Gasteiger charge is -2.21. The molecule has 1 aliphatic heterocycles. The number of nitrogens with zero attached hydrogens (tertiary/aromatic N) is 1. The highest BCUT2D eigenvalue weighted by atomic mass is 32.2. The summed E-state index contributed by atoms with van der Waals surface area (Å²) < 4.78 is 27.8. The first-order chi connectivity index (χ1) is 12.5. The zero-order chi connectivity index (χ0) is 20.0. The van der Waals surface area contributed by atoms with E-state index in [1.54, 1.807) is 24.0 Å². The SMILES string of the molecule is Cc1ccc(C(C)(C)C)cc1S(=O)(=O)NC(=O)C1CC(=O)N(CC2CC2)C1. The molecule has 1 aromatic carbocycles. The lowest BCUT2D eigenvalue weighted by atomic mass is 9.87. The second-order valence-corrected chi connectivity index (χ2v) is 10.5. The fraction of sp³-hybridized carbons (Fsp3) is 0.600. The van der Waals surface area contributed by atoms with Gasteiger partial charge < -0.3 is 4.90 Å². The Morgan fingerprint density at radius 3 is 2.52 bits per heavy atom. The molecule has 0 spiro atoms. The number of likely N-dealkylation sites (tertiary alicyclic amines) is 1. The van der Waals surface area contributed by atoms with Gasteiger partial charge in [0.15, 0.2) is 0 Å². The predicted octanol–water partition coefficient (Wildman–Crippen LogP) is 2.36. The van der Waals surface area contributed by atoms with Gasteiger partial charge >= 0.3 is 0 Å². The van der Waals surface area contributed by atoms with Gasteiger partial charge in [0.1, 0.15) is 0 Å². The van der Waals surface area contributed by atoms with Gasteiger partial charge in [-0.1, -0.05) is 32.9 Å². The standard InChI is InChI=1S/C20H28N2O4S/c1-13-5-8-16(20(2,3)4)10-17(13)27(25,26)21-19(24)15-9-18(23)22(12-15)11-14-6-7-14/h5,8,10,14-15H,6-7,9,11-12H2,1-4H3,(H,21,24). The van der Waals surface area contributed by atoms with Crippen molar-refractivity contribution in [3.05, 3.63) is 29.3 Å². The monoisotopic (exact) mass is 392 g/mol. The Hall–Kier alpha value is -1.89. The predicted molar refractivity (Wildman–Crippen MR) is 103 cm³/mol. The van der Waals surface area contributed by atoms with Crippen molar-refractivity contribution in [3.8, 4) is 0 Å². The topological polar surface area (TPSA) is 83.5 Å².